The molecule has 0 unspecified atom stereocenters. The lowest BCUT2D eigenvalue weighted by atomic mass is 10.1. The highest BCUT2D eigenvalue weighted by molar-refractivity contribution is 7.98. The Kier molecular flexibility index (Phi) is 3.42. The largest absolute Gasteiger partial charge is 0.384 e. The summed E-state index contributed by atoms with van der Waals surface area (Å²) in [5.41, 5.74) is 13.7. The SMILES string of the molecule is CCCCc1c(SC)c(N)nc2n[nH]c(N)c12. The number of pyridine rings is 1. The highest BCUT2D eigenvalue weighted by Gasteiger charge is 2.16. The van der Waals surface area contributed by atoms with Gasteiger partial charge in [0.15, 0.2) is 5.65 Å². The fourth-order valence-electron chi connectivity index (χ4n) is 1.98. The van der Waals surface area contributed by atoms with Crippen molar-refractivity contribution in [1.82, 2.24) is 15.2 Å². The number of aryl methyl sites for hydroxylation is 1. The van der Waals surface area contributed by atoms with Gasteiger partial charge in [-0.1, -0.05) is 13.3 Å². The number of anilines is 2. The van der Waals surface area contributed by atoms with Gasteiger partial charge in [-0.2, -0.15) is 5.10 Å². The Bertz CT molecular complexity index is 534. The minimum absolute atomic E-state index is 0.544. The van der Waals surface area contributed by atoms with Gasteiger partial charge >= 0.3 is 0 Å². The van der Waals surface area contributed by atoms with Crippen molar-refractivity contribution in [1.29, 1.82) is 0 Å². The molecule has 2 aromatic heterocycles. The van der Waals surface area contributed by atoms with E-state index in [2.05, 4.69) is 22.1 Å². The van der Waals surface area contributed by atoms with Crippen molar-refractivity contribution in [3.8, 4) is 0 Å². The van der Waals surface area contributed by atoms with E-state index in [1.807, 2.05) is 6.26 Å². The van der Waals surface area contributed by atoms with E-state index in [9.17, 15) is 0 Å². The van der Waals surface area contributed by atoms with Gasteiger partial charge in [0.1, 0.15) is 11.6 Å². The topological polar surface area (TPSA) is 93.6 Å². The van der Waals surface area contributed by atoms with Crippen LogP contribution in [-0.4, -0.2) is 21.4 Å². The van der Waals surface area contributed by atoms with Crippen LogP contribution in [0.25, 0.3) is 11.0 Å². The normalized spacial score (nSPS) is 11.2. The summed E-state index contributed by atoms with van der Waals surface area (Å²) in [6.07, 6.45) is 5.20. The van der Waals surface area contributed by atoms with Crippen molar-refractivity contribution >= 4 is 34.4 Å². The molecule has 2 rings (SSSR count). The number of nitrogen functional groups attached to an aromatic ring is 2. The molecule has 0 amide bonds. The van der Waals surface area contributed by atoms with Gasteiger partial charge in [0.25, 0.3) is 0 Å². The van der Waals surface area contributed by atoms with Gasteiger partial charge in [-0.25, -0.2) is 4.98 Å². The molecular formula is C11H17N5S. The number of nitrogens with zero attached hydrogens (tertiary/aromatic N) is 2. The summed E-state index contributed by atoms with van der Waals surface area (Å²) in [6.45, 7) is 2.17. The van der Waals surface area contributed by atoms with E-state index < -0.39 is 0 Å². The minimum atomic E-state index is 0.544. The fourth-order valence-corrected chi connectivity index (χ4v) is 2.68. The smallest absolute Gasteiger partial charge is 0.185 e. The summed E-state index contributed by atoms with van der Waals surface area (Å²) in [5.74, 6) is 1.12. The molecule has 6 heteroatoms. The molecule has 0 spiro atoms. The van der Waals surface area contributed by atoms with Crippen LogP contribution < -0.4 is 11.5 Å². The molecule has 0 aliphatic carbocycles. The van der Waals surface area contributed by atoms with Crippen molar-refractivity contribution in [3.05, 3.63) is 5.56 Å². The first-order valence-corrected chi connectivity index (χ1v) is 6.87. The zero-order valence-corrected chi connectivity index (χ0v) is 10.9. The number of aromatic amines is 1. The van der Waals surface area contributed by atoms with Crippen molar-refractivity contribution < 1.29 is 0 Å². The first kappa shape index (κ1) is 12.0. The van der Waals surface area contributed by atoms with Gasteiger partial charge in [0.05, 0.1) is 10.3 Å². The standard InChI is InChI=1S/C11H17N5S/c1-3-4-5-6-7-9(12)15-16-11(7)14-10(13)8(6)17-2/h3-5H2,1-2H3,(H5,12,13,14,15,16). The van der Waals surface area contributed by atoms with E-state index in [4.69, 9.17) is 11.5 Å². The number of nitrogens with two attached hydrogens (primary N) is 2. The Balaban J connectivity index is 2.66. The van der Waals surface area contributed by atoms with Crippen molar-refractivity contribution in [2.24, 2.45) is 0 Å². The first-order valence-electron chi connectivity index (χ1n) is 5.64. The molecule has 0 fully saturated rings. The average molecular weight is 251 g/mol. The number of unbranched alkanes of at least 4 members (excludes halogenated alkanes) is 1. The van der Waals surface area contributed by atoms with Crippen LogP contribution in [0.1, 0.15) is 25.3 Å². The number of aromatic nitrogens is 3. The number of thioether (sulfide) groups is 1. The zero-order valence-electron chi connectivity index (χ0n) is 10.1. The Morgan fingerprint density at radius 1 is 1.35 bits per heavy atom. The Hall–Kier alpha value is -1.43. The van der Waals surface area contributed by atoms with Crippen molar-refractivity contribution in [2.75, 3.05) is 17.7 Å². The van der Waals surface area contributed by atoms with Crippen LogP contribution in [0.5, 0.6) is 0 Å². The molecular weight excluding hydrogens is 234 g/mol. The highest BCUT2D eigenvalue weighted by atomic mass is 32.2. The van der Waals surface area contributed by atoms with Gasteiger partial charge in [-0.05, 0) is 24.7 Å². The van der Waals surface area contributed by atoms with E-state index >= 15 is 0 Å². The second-order valence-corrected chi connectivity index (χ2v) is 4.76. The molecule has 2 aromatic rings. The molecule has 92 valence electrons. The van der Waals surface area contributed by atoms with Crippen molar-refractivity contribution in [3.63, 3.8) is 0 Å². The summed E-state index contributed by atoms with van der Waals surface area (Å²) in [5, 5.41) is 7.77. The van der Waals surface area contributed by atoms with Crippen LogP contribution in [0.4, 0.5) is 11.6 Å². The summed E-state index contributed by atoms with van der Waals surface area (Å²) in [4.78, 5) is 5.30. The highest BCUT2D eigenvalue weighted by Crippen LogP contribution is 2.34. The summed E-state index contributed by atoms with van der Waals surface area (Å²) in [7, 11) is 0. The molecule has 0 aromatic carbocycles. The Morgan fingerprint density at radius 3 is 2.76 bits per heavy atom. The van der Waals surface area contributed by atoms with Gasteiger partial charge < -0.3 is 11.5 Å². The third-order valence-corrected chi connectivity index (χ3v) is 3.66. The predicted molar refractivity (Wildman–Crippen MR) is 73.1 cm³/mol. The van der Waals surface area contributed by atoms with E-state index in [1.54, 1.807) is 11.8 Å². The maximum atomic E-state index is 5.95. The van der Waals surface area contributed by atoms with Crippen LogP contribution in [0.3, 0.4) is 0 Å². The van der Waals surface area contributed by atoms with E-state index in [0.717, 1.165) is 29.5 Å². The monoisotopic (exact) mass is 251 g/mol. The molecule has 5 nitrogen and oxygen atoms in total. The van der Waals surface area contributed by atoms with Crippen LogP contribution >= 0.6 is 11.8 Å². The quantitative estimate of drug-likeness (QED) is 0.724. The van der Waals surface area contributed by atoms with Gasteiger partial charge in [0, 0.05) is 0 Å². The number of rotatable bonds is 4. The summed E-state index contributed by atoms with van der Waals surface area (Å²) >= 11 is 1.61. The zero-order chi connectivity index (χ0) is 12.4. The average Bonchev–Trinajstić information content (AvgIpc) is 2.67. The number of hydrogen-bond donors (Lipinski definition) is 3. The number of nitrogens with one attached hydrogen (secondary N) is 1. The predicted octanol–water partition coefficient (Wildman–Crippen LogP) is 2.19. The molecule has 0 aliphatic heterocycles. The molecule has 0 bridgehead atoms. The summed E-state index contributed by atoms with van der Waals surface area (Å²) in [6, 6.07) is 0. The minimum Gasteiger partial charge on any atom is -0.384 e. The first-order chi connectivity index (χ1) is 8.19. The third kappa shape index (κ3) is 2.04. The lowest BCUT2D eigenvalue weighted by Crippen LogP contribution is -2.00. The molecule has 0 radical (unpaired) electrons. The second-order valence-electron chi connectivity index (χ2n) is 3.95. The Morgan fingerprint density at radius 2 is 2.12 bits per heavy atom. The molecule has 0 atom stereocenters. The van der Waals surface area contributed by atoms with Gasteiger partial charge in [0.2, 0.25) is 0 Å². The third-order valence-electron chi connectivity index (χ3n) is 2.79. The molecule has 0 saturated carbocycles. The summed E-state index contributed by atoms with van der Waals surface area (Å²) < 4.78 is 0. The van der Waals surface area contributed by atoms with Crippen LogP contribution in [0.2, 0.25) is 0 Å². The van der Waals surface area contributed by atoms with E-state index in [1.165, 1.54) is 5.56 Å². The molecule has 17 heavy (non-hydrogen) atoms. The maximum Gasteiger partial charge on any atom is 0.185 e. The fraction of sp³-hybridized carbons (Fsp3) is 0.455. The lowest BCUT2D eigenvalue weighted by Gasteiger charge is -2.10. The maximum absolute atomic E-state index is 5.95. The second kappa shape index (κ2) is 4.83. The van der Waals surface area contributed by atoms with E-state index in [-0.39, 0.29) is 0 Å². The molecule has 2 heterocycles. The number of fused-ring (bicyclic) bond motifs is 1. The Labute approximate surface area is 104 Å². The van der Waals surface area contributed by atoms with Crippen LogP contribution in [0.15, 0.2) is 4.90 Å². The molecule has 0 saturated heterocycles. The number of H-pyrrole nitrogens is 1. The lowest BCUT2D eigenvalue weighted by molar-refractivity contribution is 0.789. The van der Waals surface area contributed by atoms with Gasteiger partial charge in [-0.15, -0.1) is 11.8 Å². The van der Waals surface area contributed by atoms with Crippen LogP contribution in [-0.2, 0) is 6.42 Å². The number of hydrogen-bond acceptors (Lipinski definition) is 5. The molecule has 0 aliphatic rings. The van der Waals surface area contributed by atoms with Crippen LogP contribution in [0, 0.1) is 0 Å². The molecule has 5 N–H and O–H groups in total. The van der Waals surface area contributed by atoms with E-state index in [0.29, 0.717) is 17.3 Å². The van der Waals surface area contributed by atoms with Crippen molar-refractivity contribution in [2.45, 2.75) is 31.1 Å². The van der Waals surface area contributed by atoms with Gasteiger partial charge in [-0.3, -0.25) is 5.10 Å².